The number of esters is 1. The first-order valence-corrected chi connectivity index (χ1v) is 10.2. The molecule has 2 unspecified atom stereocenters. The molecule has 3 aliphatic heterocycles. The van der Waals surface area contributed by atoms with Crippen molar-refractivity contribution < 1.29 is 24.2 Å². The van der Waals surface area contributed by atoms with E-state index in [-0.39, 0.29) is 37.3 Å². The molecule has 3 saturated heterocycles. The van der Waals surface area contributed by atoms with E-state index in [1.807, 2.05) is 35.2 Å². The van der Waals surface area contributed by atoms with Gasteiger partial charge in [0.25, 0.3) is 0 Å². The van der Waals surface area contributed by atoms with Gasteiger partial charge in [-0.2, -0.15) is 0 Å². The number of β-amino-alcohol motifs (C(OH)–C–C–N with tert-alkyl or cyclic N) is 1. The minimum Gasteiger partial charge on any atom is -0.461 e. The predicted molar refractivity (Wildman–Crippen MR) is 101 cm³/mol. The van der Waals surface area contributed by atoms with Crippen LogP contribution in [0.4, 0.5) is 0 Å². The van der Waals surface area contributed by atoms with E-state index in [9.17, 15) is 9.59 Å². The molecule has 1 aromatic carbocycles. The Bertz CT molecular complexity index is 689. The Labute approximate surface area is 165 Å². The molecule has 0 radical (unpaired) electrons. The van der Waals surface area contributed by atoms with Gasteiger partial charge in [-0.05, 0) is 18.4 Å². The molecule has 3 heterocycles. The summed E-state index contributed by atoms with van der Waals surface area (Å²) in [5.41, 5.74) is 0.933. The second-order valence-electron chi connectivity index (χ2n) is 7.83. The molecule has 2 bridgehead atoms. The SMILES string of the molecule is O=C(OCc1ccccc1)C1C(C(=O)N2CCN(CCO)CC2)[C@H]2CC[C@H]1O2. The largest absolute Gasteiger partial charge is 0.461 e. The standard InChI is InChI=1S/C21H28N2O5/c24-13-12-22-8-10-23(11-9-22)20(25)18-16-6-7-17(28-16)19(18)21(26)27-14-15-4-2-1-3-5-15/h1-5,16-19,24H,6-14H2/t16-,17-,18?,19?/m1/s1. The molecule has 4 atom stereocenters. The molecule has 3 fully saturated rings. The summed E-state index contributed by atoms with van der Waals surface area (Å²) in [7, 11) is 0. The number of ether oxygens (including phenoxy) is 2. The zero-order valence-electron chi connectivity index (χ0n) is 16.0. The van der Waals surface area contributed by atoms with Gasteiger partial charge >= 0.3 is 5.97 Å². The van der Waals surface area contributed by atoms with Gasteiger partial charge in [0.05, 0.1) is 30.7 Å². The van der Waals surface area contributed by atoms with E-state index in [1.54, 1.807) is 0 Å². The Morgan fingerprint density at radius 1 is 1.04 bits per heavy atom. The van der Waals surface area contributed by atoms with Crippen LogP contribution in [0.25, 0.3) is 0 Å². The van der Waals surface area contributed by atoms with Crippen LogP contribution in [0.2, 0.25) is 0 Å². The molecule has 7 heteroatoms. The highest BCUT2D eigenvalue weighted by molar-refractivity contribution is 5.87. The summed E-state index contributed by atoms with van der Waals surface area (Å²) in [6.45, 7) is 3.72. The number of fused-ring (bicyclic) bond motifs is 2. The molecule has 1 aromatic rings. The van der Waals surface area contributed by atoms with Gasteiger partial charge in [-0.3, -0.25) is 14.5 Å². The van der Waals surface area contributed by atoms with Crippen LogP contribution in [-0.2, 0) is 25.7 Å². The molecule has 0 aromatic heterocycles. The van der Waals surface area contributed by atoms with Crippen molar-refractivity contribution in [3.8, 4) is 0 Å². The Hall–Kier alpha value is -1.96. The number of aliphatic hydroxyl groups excluding tert-OH is 1. The lowest BCUT2D eigenvalue weighted by molar-refractivity contribution is -0.157. The third kappa shape index (κ3) is 3.92. The van der Waals surface area contributed by atoms with Crippen LogP contribution in [-0.4, -0.2) is 78.3 Å². The number of hydrogen-bond donors (Lipinski definition) is 1. The molecule has 0 aliphatic carbocycles. The molecule has 0 saturated carbocycles. The van der Waals surface area contributed by atoms with E-state index in [2.05, 4.69) is 4.90 Å². The smallest absolute Gasteiger partial charge is 0.312 e. The van der Waals surface area contributed by atoms with Crippen molar-refractivity contribution in [3.63, 3.8) is 0 Å². The van der Waals surface area contributed by atoms with Crippen LogP contribution in [0, 0.1) is 11.8 Å². The molecule has 0 spiro atoms. The zero-order valence-corrected chi connectivity index (χ0v) is 16.0. The number of rotatable bonds is 6. The lowest BCUT2D eigenvalue weighted by Crippen LogP contribution is -2.53. The van der Waals surface area contributed by atoms with Crippen molar-refractivity contribution in [2.45, 2.75) is 31.7 Å². The van der Waals surface area contributed by atoms with Crippen LogP contribution in [0.3, 0.4) is 0 Å². The fourth-order valence-electron chi connectivity index (χ4n) is 4.66. The fourth-order valence-corrected chi connectivity index (χ4v) is 4.66. The second kappa shape index (κ2) is 8.59. The van der Waals surface area contributed by atoms with E-state index in [0.717, 1.165) is 31.5 Å². The molecular formula is C21H28N2O5. The number of nitrogens with zero attached hydrogens (tertiary/aromatic N) is 2. The van der Waals surface area contributed by atoms with Gasteiger partial charge in [-0.1, -0.05) is 30.3 Å². The van der Waals surface area contributed by atoms with Crippen molar-refractivity contribution in [2.24, 2.45) is 11.8 Å². The van der Waals surface area contributed by atoms with Crippen molar-refractivity contribution >= 4 is 11.9 Å². The van der Waals surface area contributed by atoms with Crippen molar-refractivity contribution in [1.82, 2.24) is 9.80 Å². The fraction of sp³-hybridized carbons (Fsp3) is 0.619. The highest BCUT2D eigenvalue weighted by atomic mass is 16.5. The maximum atomic E-state index is 13.2. The number of piperazine rings is 1. The Morgan fingerprint density at radius 2 is 1.71 bits per heavy atom. The molecule has 4 rings (SSSR count). The molecule has 152 valence electrons. The van der Waals surface area contributed by atoms with Gasteiger partial charge in [-0.15, -0.1) is 0 Å². The summed E-state index contributed by atoms with van der Waals surface area (Å²) < 4.78 is 11.5. The summed E-state index contributed by atoms with van der Waals surface area (Å²) in [5, 5.41) is 9.08. The van der Waals surface area contributed by atoms with Crippen molar-refractivity contribution in [2.75, 3.05) is 39.3 Å². The van der Waals surface area contributed by atoms with Crippen molar-refractivity contribution in [3.05, 3.63) is 35.9 Å². The number of carbonyl (C=O) groups excluding carboxylic acids is 2. The average Bonchev–Trinajstić information content (AvgIpc) is 3.35. The van der Waals surface area contributed by atoms with Crippen LogP contribution in [0.1, 0.15) is 18.4 Å². The first-order valence-electron chi connectivity index (χ1n) is 10.2. The third-order valence-corrected chi connectivity index (χ3v) is 6.15. The third-order valence-electron chi connectivity index (χ3n) is 6.15. The average molecular weight is 388 g/mol. The summed E-state index contributed by atoms with van der Waals surface area (Å²) >= 11 is 0. The van der Waals surface area contributed by atoms with Gasteiger partial charge in [0.15, 0.2) is 0 Å². The number of amides is 1. The molecule has 28 heavy (non-hydrogen) atoms. The van der Waals surface area contributed by atoms with E-state index in [0.29, 0.717) is 19.6 Å². The Kier molecular flexibility index (Phi) is 5.94. The molecule has 3 aliphatic rings. The van der Waals surface area contributed by atoms with E-state index in [1.165, 1.54) is 0 Å². The second-order valence-corrected chi connectivity index (χ2v) is 7.83. The molecule has 7 nitrogen and oxygen atoms in total. The van der Waals surface area contributed by atoms with Gasteiger partial charge in [0, 0.05) is 32.7 Å². The quantitative estimate of drug-likeness (QED) is 0.722. The van der Waals surface area contributed by atoms with E-state index in [4.69, 9.17) is 14.6 Å². The van der Waals surface area contributed by atoms with Crippen LogP contribution in [0.5, 0.6) is 0 Å². The maximum Gasteiger partial charge on any atom is 0.312 e. The zero-order chi connectivity index (χ0) is 19.5. The lowest BCUT2D eigenvalue weighted by atomic mass is 9.78. The molecule has 1 N–H and O–H groups in total. The summed E-state index contributed by atoms with van der Waals surface area (Å²) in [6.07, 6.45) is 1.25. The highest BCUT2D eigenvalue weighted by Gasteiger charge is 2.57. The first-order chi connectivity index (χ1) is 13.7. The van der Waals surface area contributed by atoms with Crippen LogP contribution < -0.4 is 0 Å². The predicted octanol–water partition coefficient (Wildman–Crippen LogP) is 0.660. The lowest BCUT2D eigenvalue weighted by Gasteiger charge is -2.37. The Morgan fingerprint density at radius 3 is 2.39 bits per heavy atom. The highest BCUT2D eigenvalue weighted by Crippen LogP contribution is 2.45. The van der Waals surface area contributed by atoms with Gasteiger partial charge < -0.3 is 19.5 Å². The summed E-state index contributed by atoms with van der Waals surface area (Å²) in [5.74, 6) is -1.26. The Balaban J connectivity index is 1.39. The minimum atomic E-state index is -0.509. The molecule has 1 amide bonds. The van der Waals surface area contributed by atoms with E-state index >= 15 is 0 Å². The van der Waals surface area contributed by atoms with Gasteiger partial charge in [-0.25, -0.2) is 0 Å². The van der Waals surface area contributed by atoms with Crippen LogP contribution in [0.15, 0.2) is 30.3 Å². The monoisotopic (exact) mass is 388 g/mol. The molecular weight excluding hydrogens is 360 g/mol. The van der Waals surface area contributed by atoms with Gasteiger partial charge in [0.1, 0.15) is 6.61 Å². The maximum absolute atomic E-state index is 13.2. The van der Waals surface area contributed by atoms with Crippen LogP contribution >= 0.6 is 0 Å². The minimum absolute atomic E-state index is 0.0116. The first kappa shape index (κ1) is 19.4. The van der Waals surface area contributed by atoms with E-state index < -0.39 is 11.8 Å². The number of hydrogen-bond acceptors (Lipinski definition) is 6. The number of aliphatic hydroxyl groups is 1. The van der Waals surface area contributed by atoms with Gasteiger partial charge in [0.2, 0.25) is 5.91 Å². The summed E-state index contributed by atoms with van der Waals surface area (Å²) in [4.78, 5) is 30.0. The van der Waals surface area contributed by atoms with Crippen molar-refractivity contribution in [1.29, 1.82) is 0 Å². The normalized spacial score (nSPS) is 29.8. The summed E-state index contributed by atoms with van der Waals surface area (Å²) in [6, 6.07) is 9.57. The number of benzene rings is 1. The topological polar surface area (TPSA) is 79.3 Å². The number of carbonyl (C=O) groups is 2.